The van der Waals surface area contributed by atoms with E-state index in [0.717, 1.165) is 16.7 Å². The number of nitrogens with zero attached hydrogens (tertiary/aromatic N) is 1. The zero-order valence-electron chi connectivity index (χ0n) is 18.0. The van der Waals surface area contributed by atoms with Crippen molar-refractivity contribution in [3.63, 3.8) is 0 Å². The second-order valence-corrected chi connectivity index (χ2v) is 11.0. The second-order valence-electron chi connectivity index (χ2n) is 8.24. The van der Waals surface area contributed by atoms with Gasteiger partial charge in [0, 0.05) is 28.7 Å². The Morgan fingerprint density at radius 3 is 2.55 bits per heavy atom. The van der Waals surface area contributed by atoms with E-state index in [9.17, 15) is 13.2 Å². The third-order valence-electron chi connectivity index (χ3n) is 5.80. The Hall–Kier alpha value is -1.60. The van der Waals surface area contributed by atoms with Crippen molar-refractivity contribution in [3.8, 4) is 0 Å². The van der Waals surface area contributed by atoms with Crippen LogP contribution in [0.15, 0.2) is 36.4 Å². The van der Waals surface area contributed by atoms with Gasteiger partial charge in [-0.3, -0.25) is 4.79 Å². The van der Waals surface area contributed by atoms with Crippen molar-refractivity contribution in [1.82, 2.24) is 9.62 Å². The highest BCUT2D eigenvalue weighted by atomic mass is 35.5. The number of nitrogens with one attached hydrogen (secondary N) is 1. The Labute approximate surface area is 194 Å². The first-order valence-electron chi connectivity index (χ1n) is 10.4. The molecule has 0 bridgehead atoms. The van der Waals surface area contributed by atoms with Crippen LogP contribution < -0.4 is 5.32 Å². The van der Waals surface area contributed by atoms with Gasteiger partial charge in [0.1, 0.15) is 0 Å². The predicted molar refractivity (Wildman–Crippen MR) is 126 cm³/mol. The normalized spacial score (nSPS) is 18.5. The molecule has 1 N–H and O–H groups in total. The van der Waals surface area contributed by atoms with Crippen LogP contribution in [0.2, 0.25) is 10.0 Å². The summed E-state index contributed by atoms with van der Waals surface area (Å²) in [6.07, 6.45) is 1.29. The van der Waals surface area contributed by atoms with E-state index < -0.39 is 15.9 Å². The molecule has 1 amide bonds. The number of hydrogen-bond donors (Lipinski definition) is 1. The molecule has 1 aliphatic heterocycles. The van der Waals surface area contributed by atoms with E-state index in [-0.39, 0.29) is 24.2 Å². The maximum atomic E-state index is 13.0. The summed E-state index contributed by atoms with van der Waals surface area (Å²) in [6.45, 7) is 6.55. The highest BCUT2D eigenvalue weighted by molar-refractivity contribution is 7.88. The number of hydrogen-bond acceptors (Lipinski definition) is 3. The number of carbonyl (C=O) groups excluding carboxylic acids is 1. The minimum Gasteiger partial charge on any atom is -0.349 e. The van der Waals surface area contributed by atoms with E-state index in [4.69, 9.17) is 23.2 Å². The minimum atomic E-state index is -3.66. The first-order valence-corrected chi connectivity index (χ1v) is 12.7. The Morgan fingerprint density at radius 2 is 1.87 bits per heavy atom. The Bertz CT molecular complexity index is 1050. The fraction of sp³-hybridized carbons (Fsp3) is 0.435. The number of benzene rings is 2. The van der Waals surface area contributed by atoms with Crippen LogP contribution in [0.25, 0.3) is 0 Å². The van der Waals surface area contributed by atoms with E-state index in [1.54, 1.807) is 18.2 Å². The molecule has 8 heteroatoms. The summed E-state index contributed by atoms with van der Waals surface area (Å²) in [5, 5.41) is 3.72. The molecular formula is C23H28Cl2N2O3S. The van der Waals surface area contributed by atoms with E-state index in [1.807, 2.05) is 32.9 Å². The SMILES string of the molecule is Cc1ccc(C)c(C(C)NC(=O)C2CCCN(S(=O)(=O)Cc3c(Cl)cccc3Cl)C2)c1. The van der Waals surface area contributed by atoms with Crippen LogP contribution in [0.1, 0.15) is 48.1 Å². The summed E-state index contributed by atoms with van der Waals surface area (Å²) in [5.41, 5.74) is 3.71. The number of halogens is 2. The monoisotopic (exact) mass is 482 g/mol. The van der Waals surface area contributed by atoms with Crippen molar-refractivity contribution in [2.45, 2.75) is 45.4 Å². The van der Waals surface area contributed by atoms with Gasteiger partial charge in [-0.25, -0.2) is 12.7 Å². The molecule has 1 saturated heterocycles. The van der Waals surface area contributed by atoms with Crippen molar-refractivity contribution in [2.24, 2.45) is 5.92 Å². The van der Waals surface area contributed by atoms with Crippen LogP contribution in [0, 0.1) is 19.8 Å². The predicted octanol–water partition coefficient (Wildman–Crippen LogP) is 5.03. The van der Waals surface area contributed by atoms with Crippen molar-refractivity contribution in [2.75, 3.05) is 13.1 Å². The highest BCUT2D eigenvalue weighted by Gasteiger charge is 2.33. The fourth-order valence-corrected chi connectivity index (χ4v) is 6.35. The molecule has 2 atom stereocenters. The second kappa shape index (κ2) is 9.90. The quantitative estimate of drug-likeness (QED) is 0.627. The fourth-order valence-electron chi connectivity index (χ4n) is 3.99. The van der Waals surface area contributed by atoms with Crippen molar-refractivity contribution < 1.29 is 13.2 Å². The molecule has 1 fully saturated rings. The molecule has 2 unspecified atom stereocenters. The van der Waals surface area contributed by atoms with Gasteiger partial charge in [0.15, 0.2) is 0 Å². The molecule has 0 saturated carbocycles. The summed E-state index contributed by atoms with van der Waals surface area (Å²) in [5.74, 6) is -0.791. The average molecular weight is 483 g/mol. The van der Waals surface area contributed by atoms with Crippen LogP contribution in [0.5, 0.6) is 0 Å². The summed E-state index contributed by atoms with van der Waals surface area (Å²) in [6, 6.07) is 10.9. The van der Waals surface area contributed by atoms with Gasteiger partial charge in [0.2, 0.25) is 15.9 Å². The van der Waals surface area contributed by atoms with Gasteiger partial charge in [-0.05, 0) is 56.9 Å². The molecular weight excluding hydrogens is 455 g/mol. The molecule has 168 valence electrons. The average Bonchev–Trinajstić information content (AvgIpc) is 2.72. The number of piperidine rings is 1. The number of rotatable bonds is 6. The van der Waals surface area contributed by atoms with Crippen LogP contribution in [0.4, 0.5) is 0 Å². The van der Waals surface area contributed by atoms with Gasteiger partial charge in [0.25, 0.3) is 0 Å². The first kappa shape index (κ1) is 24.1. The Balaban J connectivity index is 1.69. The zero-order chi connectivity index (χ0) is 22.8. The highest BCUT2D eigenvalue weighted by Crippen LogP contribution is 2.29. The summed E-state index contributed by atoms with van der Waals surface area (Å²) < 4.78 is 27.5. The van der Waals surface area contributed by atoms with Gasteiger partial charge < -0.3 is 5.32 Å². The molecule has 3 rings (SSSR count). The number of aryl methyl sites for hydroxylation is 2. The minimum absolute atomic E-state index is 0.121. The van der Waals surface area contributed by atoms with Gasteiger partial charge >= 0.3 is 0 Å². The van der Waals surface area contributed by atoms with Crippen LogP contribution in [-0.4, -0.2) is 31.7 Å². The van der Waals surface area contributed by atoms with E-state index in [0.29, 0.717) is 35.0 Å². The van der Waals surface area contributed by atoms with Gasteiger partial charge in [0.05, 0.1) is 17.7 Å². The molecule has 1 heterocycles. The Kier molecular flexibility index (Phi) is 7.68. The summed E-state index contributed by atoms with van der Waals surface area (Å²) in [7, 11) is -3.66. The lowest BCUT2D eigenvalue weighted by Gasteiger charge is -2.32. The zero-order valence-corrected chi connectivity index (χ0v) is 20.3. The van der Waals surface area contributed by atoms with Gasteiger partial charge in [-0.15, -0.1) is 0 Å². The van der Waals surface area contributed by atoms with Crippen LogP contribution in [0.3, 0.4) is 0 Å². The number of carbonyl (C=O) groups is 1. The lowest BCUT2D eigenvalue weighted by molar-refractivity contribution is -0.126. The van der Waals surface area contributed by atoms with Crippen LogP contribution >= 0.6 is 23.2 Å². The Morgan fingerprint density at radius 1 is 1.19 bits per heavy atom. The van der Waals surface area contributed by atoms with Crippen molar-refractivity contribution >= 4 is 39.1 Å². The van der Waals surface area contributed by atoms with Crippen molar-refractivity contribution in [3.05, 3.63) is 68.7 Å². The standard InChI is InChI=1S/C23H28Cl2N2O3S/c1-15-9-10-16(2)19(12-15)17(3)26-23(28)18-6-5-11-27(13-18)31(29,30)14-20-21(24)7-4-8-22(20)25/h4,7-10,12,17-18H,5-6,11,13-14H2,1-3H3,(H,26,28). The molecule has 0 spiro atoms. The lowest BCUT2D eigenvalue weighted by Crippen LogP contribution is -2.46. The molecule has 2 aromatic carbocycles. The van der Waals surface area contributed by atoms with E-state index in [1.165, 1.54) is 4.31 Å². The largest absolute Gasteiger partial charge is 0.349 e. The number of amides is 1. The maximum Gasteiger partial charge on any atom is 0.224 e. The molecule has 5 nitrogen and oxygen atoms in total. The third-order valence-corrected chi connectivity index (χ3v) is 8.28. The van der Waals surface area contributed by atoms with Gasteiger partial charge in [-0.2, -0.15) is 0 Å². The first-order chi connectivity index (χ1) is 14.6. The van der Waals surface area contributed by atoms with Crippen molar-refractivity contribution in [1.29, 1.82) is 0 Å². The summed E-state index contributed by atoms with van der Waals surface area (Å²) in [4.78, 5) is 12.9. The lowest BCUT2D eigenvalue weighted by atomic mass is 9.96. The van der Waals surface area contributed by atoms with E-state index >= 15 is 0 Å². The van der Waals surface area contributed by atoms with E-state index in [2.05, 4.69) is 11.4 Å². The topological polar surface area (TPSA) is 66.5 Å². The number of sulfonamides is 1. The molecule has 0 radical (unpaired) electrons. The third kappa shape index (κ3) is 5.80. The van der Waals surface area contributed by atoms with Gasteiger partial charge in [-0.1, -0.05) is 53.0 Å². The maximum absolute atomic E-state index is 13.0. The van der Waals surface area contributed by atoms with Crippen LogP contribution in [-0.2, 0) is 20.6 Å². The molecule has 0 aliphatic carbocycles. The molecule has 2 aromatic rings. The smallest absolute Gasteiger partial charge is 0.224 e. The molecule has 1 aliphatic rings. The molecule has 0 aromatic heterocycles. The molecule has 31 heavy (non-hydrogen) atoms. The summed E-state index contributed by atoms with van der Waals surface area (Å²) >= 11 is 12.3.